The van der Waals surface area contributed by atoms with Crippen molar-refractivity contribution in [1.82, 2.24) is 28.7 Å². The molecule has 8 aromatic carbocycles. The van der Waals surface area contributed by atoms with Crippen LogP contribution < -0.4 is 0 Å². The molecule has 0 aliphatic heterocycles. The number of fused-ring (bicyclic) bond motifs is 10. The molecule has 0 aliphatic carbocycles. The lowest BCUT2D eigenvalue weighted by atomic mass is 10.1. The summed E-state index contributed by atoms with van der Waals surface area (Å²) in [6.45, 7) is 0. The number of aromatic nitrogens is 6. The van der Waals surface area contributed by atoms with Gasteiger partial charge in [0.2, 0.25) is 5.95 Å². The van der Waals surface area contributed by atoms with Crippen molar-refractivity contribution in [1.29, 1.82) is 5.26 Å². The standard InChI is InChI=1S/C52H31N7/c53-32-33-27-29-46(58-42-23-11-9-21-38(42)39-28-30-47-48(49(39)58)40-22-10-14-26-45(40)57(47)35-17-5-2-6-18-35)41(31-33)51-54-50(34-15-3-1-4-16-34)55-52(56-51)59-43-24-12-7-19-36(43)37-20-8-13-25-44(37)59/h1-31H. The molecule has 4 aromatic heterocycles. The summed E-state index contributed by atoms with van der Waals surface area (Å²) in [4.78, 5) is 15.8. The fourth-order valence-corrected chi connectivity index (χ4v) is 9.03. The SMILES string of the molecule is N#Cc1ccc(-n2c3ccccc3c3ccc4c(c5ccccc5n4-c4ccccc4)c32)c(-c2nc(-c3ccccc3)nc(-n3c4ccccc4c4ccccc43)n2)c1. The molecule has 0 saturated carbocycles. The van der Waals surface area contributed by atoms with Gasteiger partial charge in [-0.3, -0.25) is 4.57 Å². The van der Waals surface area contributed by atoms with Gasteiger partial charge in [-0.1, -0.05) is 127 Å². The summed E-state index contributed by atoms with van der Waals surface area (Å²) in [6.07, 6.45) is 0. The molecular weight excluding hydrogens is 723 g/mol. The molecule has 4 heterocycles. The molecule has 0 radical (unpaired) electrons. The van der Waals surface area contributed by atoms with Crippen molar-refractivity contribution in [2.75, 3.05) is 0 Å². The lowest BCUT2D eigenvalue weighted by Crippen LogP contribution is -2.08. The average molecular weight is 754 g/mol. The van der Waals surface area contributed by atoms with Crippen molar-refractivity contribution < 1.29 is 0 Å². The summed E-state index contributed by atoms with van der Waals surface area (Å²) >= 11 is 0. The molecule has 12 aromatic rings. The quantitative estimate of drug-likeness (QED) is 0.175. The summed E-state index contributed by atoms with van der Waals surface area (Å²) in [5.41, 5.74) is 10.4. The van der Waals surface area contributed by atoms with E-state index in [0.717, 1.165) is 87.9 Å². The molecule has 0 spiro atoms. The molecule has 0 saturated heterocycles. The molecule has 7 heteroatoms. The predicted octanol–water partition coefficient (Wildman–Crippen LogP) is 12.4. The molecule has 7 nitrogen and oxygen atoms in total. The first-order valence-corrected chi connectivity index (χ1v) is 19.6. The number of para-hydroxylation sites is 5. The highest BCUT2D eigenvalue weighted by molar-refractivity contribution is 6.26. The van der Waals surface area contributed by atoms with Crippen LogP contribution in [0.2, 0.25) is 0 Å². The topological polar surface area (TPSA) is 77.2 Å². The molecular formula is C52H31N7. The monoisotopic (exact) mass is 753 g/mol. The number of nitrogens with zero attached hydrogens (tertiary/aromatic N) is 7. The van der Waals surface area contributed by atoms with Gasteiger partial charge >= 0.3 is 0 Å². The first kappa shape index (κ1) is 32.9. The zero-order chi connectivity index (χ0) is 39.0. The fourth-order valence-electron chi connectivity index (χ4n) is 9.03. The zero-order valence-electron chi connectivity index (χ0n) is 31.5. The van der Waals surface area contributed by atoms with E-state index in [4.69, 9.17) is 15.0 Å². The van der Waals surface area contributed by atoms with Gasteiger partial charge in [0.05, 0.1) is 50.4 Å². The Balaban J connectivity index is 1.21. The van der Waals surface area contributed by atoms with Crippen LogP contribution in [0.4, 0.5) is 0 Å². The van der Waals surface area contributed by atoms with Crippen LogP contribution >= 0.6 is 0 Å². The van der Waals surface area contributed by atoms with Crippen LogP contribution in [-0.4, -0.2) is 28.7 Å². The molecule has 0 amide bonds. The summed E-state index contributed by atoms with van der Waals surface area (Å²) in [5, 5.41) is 17.2. The molecule has 0 N–H and O–H groups in total. The van der Waals surface area contributed by atoms with E-state index in [9.17, 15) is 5.26 Å². The van der Waals surface area contributed by atoms with Crippen molar-refractivity contribution in [3.8, 4) is 46.2 Å². The fraction of sp³-hybridized carbons (Fsp3) is 0. The highest BCUT2D eigenvalue weighted by atomic mass is 15.2. The van der Waals surface area contributed by atoms with Crippen LogP contribution in [0, 0.1) is 11.3 Å². The van der Waals surface area contributed by atoms with Crippen LogP contribution in [0.15, 0.2) is 188 Å². The smallest absolute Gasteiger partial charge is 0.238 e. The lowest BCUT2D eigenvalue weighted by Gasteiger charge is -2.16. The van der Waals surface area contributed by atoms with Crippen molar-refractivity contribution in [3.63, 3.8) is 0 Å². The van der Waals surface area contributed by atoms with E-state index < -0.39 is 0 Å². The van der Waals surface area contributed by atoms with E-state index in [1.165, 1.54) is 0 Å². The number of hydrogen-bond donors (Lipinski definition) is 0. The highest BCUT2D eigenvalue weighted by Crippen LogP contribution is 2.43. The molecule has 274 valence electrons. The molecule has 0 bridgehead atoms. The molecule has 12 rings (SSSR count). The number of rotatable bonds is 5. The lowest BCUT2D eigenvalue weighted by molar-refractivity contribution is 0.951. The molecule has 0 aliphatic rings. The largest absolute Gasteiger partial charge is 0.309 e. The second kappa shape index (κ2) is 12.8. The molecule has 0 fully saturated rings. The first-order valence-electron chi connectivity index (χ1n) is 19.6. The average Bonchev–Trinajstić information content (AvgIpc) is 3.95. The maximum Gasteiger partial charge on any atom is 0.238 e. The minimum absolute atomic E-state index is 0.465. The summed E-state index contributed by atoms with van der Waals surface area (Å²) < 4.78 is 6.82. The van der Waals surface area contributed by atoms with Gasteiger partial charge in [-0.05, 0) is 60.7 Å². The molecule has 0 unspecified atom stereocenters. The summed E-state index contributed by atoms with van der Waals surface area (Å²) in [6, 6.07) is 67.2. The Kier molecular flexibility index (Phi) is 7.16. The van der Waals surface area contributed by atoms with Crippen molar-refractivity contribution >= 4 is 65.4 Å². The van der Waals surface area contributed by atoms with Crippen LogP contribution in [0.25, 0.3) is 106 Å². The molecule has 0 atom stereocenters. The van der Waals surface area contributed by atoms with E-state index in [2.05, 4.69) is 147 Å². The van der Waals surface area contributed by atoms with E-state index in [-0.39, 0.29) is 0 Å². The maximum atomic E-state index is 10.4. The summed E-state index contributed by atoms with van der Waals surface area (Å²) in [5.74, 6) is 1.50. The Morgan fingerprint density at radius 2 is 0.949 bits per heavy atom. The second-order valence-electron chi connectivity index (χ2n) is 14.8. The third-order valence-corrected chi connectivity index (χ3v) is 11.5. The number of benzene rings is 8. The Bertz CT molecular complexity index is 3630. The van der Waals surface area contributed by atoms with E-state index in [1.807, 2.05) is 60.7 Å². The van der Waals surface area contributed by atoms with Gasteiger partial charge in [0.25, 0.3) is 0 Å². The van der Waals surface area contributed by atoms with Crippen LogP contribution in [0.3, 0.4) is 0 Å². The van der Waals surface area contributed by atoms with E-state index in [0.29, 0.717) is 23.2 Å². The third kappa shape index (κ3) is 4.90. The minimum Gasteiger partial charge on any atom is -0.309 e. The first-order chi connectivity index (χ1) is 29.2. The molecule has 59 heavy (non-hydrogen) atoms. The van der Waals surface area contributed by atoms with Crippen molar-refractivity contribution in [2.24, 2.45) is 0 Å². The van der Waals surface area contributed by atoms with Gasteiger partial charge in [-0.25, -0.2) is 4.98 Å². The van der Waals surface area contributed by atoms with Crippen LogP contribution in [0.5, 0.6) is 0 Å². The van der Waals surface area contributed by atoms with Gasteiger partial charge < -0.3 is 9.13 Å². The second-order valence-corrected chi connectivity index (χ2v) is 14.8. The normalized spacial score (nSPS) is 11.7. The predicted molar refractivity (Wildman–Crippen MR) is 238 cm³/mol. The van der Waals surface area contributed by atoms with Crippen molar-refractivity contribution in [3.05, 3.63) is 194 Å². The Hall–Kier alpha value is -8.34. The van der Waals surface area contributed by atoms with Gasteiger partial charge in [-0.15, -0.1) is 0 Å². The van der Waals surface area contributed by atoms with Gasteiger partial charge in [0.15, 0.2) is 11.6 Å². The number of hydrogen-bond acceptors (Lipinski definition) is 4. The highest BCUT2D eigenvalue weighted by Gasteiger charge is 2.24. The van der Waals surface area contributed by atoms with Crippen molar-refractivity contribution in [2.45, 2.75) is 0 Å². The van der Waals surface area contributed by atoms with E-state index >= 15 is 0 Å². The van der Waals surface area contributed by atoms with Crippen LogP contribution in [-0.2, 0) is 0 Å². The van der Waals surface area contributed by atoms with E-state index in [1.54, 1.807) is 0 Å². The Labute approximate surface area is 337 Å². The Morgan fingerprint density at radius 1 is 0.407 bits per heavy atom. The third-order valence-electron chi connectivity index (χ3n) is 11.5. The Morgan fingerprint density at radius 3 is 1.61 bits per heavy atom. The number of nitriles is 1. The zero-order valence-corrected chi connectivity index (χ0v) is 31.5. The summed E-state index contributed by atoms with van der Waals surface area (Å²) in [7, 11) is 0. The maximum absolute atomic E-state index is 10.4. The van der Waals surface area contributed by atoms with Gasteiger partial charge in [0, 0.05) is 49.1 Å². The minimum atomic E-state index is 0.465. The van der Waals surface area contributed by atoms with Crippen LogP contribution in [0.1, 0.15) is 5.56 Å². The van der Waals surface area contributed by atoms with Gasteiger partial charge in [-0.2, -0.15) is 15.2 Å². The van der Waals surface area contributed by atoms with Gasteiger partial charge in [0.1, 0.15) is 0 Å².